The van der Waals surface area contributed by atoms with E-state index in [2.05, 4.69) is 0 Å². The smallest absolute Gasteiger partial charge is 0.139 e. The molecule has 0 amide bonds. The highest BCUT2D eigenvalue weighted by atomic mass is 16.6. The molecule has 0 N–H and O–H groups in total. The maximum Gasteiger partial charge on any atom is 0.139 e. The second-order valence-corrected chi connectivity index (χ2v) is 6.97. The van der Waals surface area contributed by atoms with E-state index in [1.807, 2.05) is 0 Å². The number of carbonyl (C=O) groups is 1. The van der Waals surface area contributed by atoms with Crippen LogP contribution < -0.4 is 0 Å². The van der Waals surface area contributed by atoms with Gasteiger partial charge in [0, 0.05) is 31.5 Å². The van der Waals surface area contributed by atoms with Gasteiger partial charge in [-0.3, -0.25) is 4.79 Å². The first-order chi connectivity index (χ1) is 9.79. The van der Waals surface area contributed by atoms with Crippen LogP contribution in [0.5, 0.6) is 0 Å². The van der Waals surface area contributed by atoms with Crippen molar-refractivity contribution >= 4 is 5.78 Å². The fourth-order valence-electron chi connectivity index (χ4n) is 4.21. The molecule has 3 rings (SSSR count). The van der Waals surface area contributed by atoms with Crippen LogP contribution in [0.3, 0.4) is 0 Å². The van der Waals surface area contributed by atoms with E-state index in [9.17, 15) is 4.79 Å². The molecule has 3 heteroatoms. The number of rotatable bonds is 2. The highest BCUT2D eigenvalue weighted by molar-refractivity contribution is 5.83. The quantitative estimate of drug-likeness (QED) is 0.776. The molecule has 0 aromatic heterocycles. The molecule has 3 aliphatic rings. The first-order valence-corrected chi connectivity index (χ1v) is 8.55. The van der Waals surface area contributed by atoms with Gasteiger partial charge in [-0.15, -0.1) is 0 Å². The van der Waals surface area contributed by atoms with Gasteiger partial charge < -0.3 is 9.47 Å². The Bertz CT molecular complexity index is 325. The summed E-state index contributed by atoms with van der Waals surface area (Å²) in [5.74, 6) is 1.11. The summed E-state index contributed by atoms with van der Waals surface area (Å²) in [6.07, 6.45) is 11.5. The second kappa shape index (κ2) is 6.57. The van der Waals surface area contributed by atoms with Gasteiger partial charge in [0.25, 0.3) is 0 Å². The van der Waals surface area contributed by atoms with Crippen molar-refractivity contribution in [3.63, 3.8) is 0 Å². The summed E-state index contributed by atoms with van der Waals surface area (Å²) in [7, 11) is 0. The van der Waals surface area contributed by atoms with Gasteiger partial charge in [0.2, 0.25) is 0 Å². The molecule has 1 spiro atoms. The lowest BCUT2D eigenvalue weighted by molar-refractivity contribution is -0.141. The van der Waals surface area contributed by atoms with Gasteiger partial charge in [-0.1, -0.05) is 32.1 Å². The molecule has 20 heavy (non-hydrogen) atoms. The Morgan fingerprint density at radius 2 is 1.65 bits per heavy atom. The van der Waals surface area contributed by atoms with Crippen molar-refractivity contribution in [3.05, 3.63) is 0 Å². The third-order valence-corrected chi connectivity index (χ3v) is 5.47. The molecule has 3 nitrogen and oxygen atoms in total. The molecular formula is C17H28O3. The SMILES string of the molecule is O=C(C1CCCCCCC1)C1CCOC2(CCOC2)C1. The van der Waals surface area contributed by atoms with Crippen LogP contribution >= 0.6 is 0 Å². The second-order valence-electron chi connectivity index (χ2n) is 6.97. The zero-order valence-electron chi connectivity index (χ0n) is 12.6. The molecule has 0 aromatic carbocycles. The van der Waals surface area contributed by atoms with Crippen molar-refractivity contribution in [2.24, 2.45) is 11.8 Å². The fourth-order valence-corrected chi connectivity index (χ4v) is 4.21. The Morgan fingerprint density at radius 1 is 0.900 bits per heavy atom. The van der Waals surface area contributed by atoms with E-state index in [0.29, 0.717) is 18.3 Å². The highest BCUT2D eigenvalue weighted by Gasteiger charge is 2.43. The standard InChI is InChI=1S/C17H28O3/c18-16(14-6-4-2-1-3-5-7-14)15-8-10-20-17(12-15)9-11-19-13-17/h14-15H,1-13H2. The highest BCUT2D eigenvalue weighted by Crippen LogP contribution is 2.38. The van der Waals surface area contributed by atoms with E-state index < -0.39 is 0 Å². The number of carbonyl (C=O) groups excluding carboxylic acids is 1. The van der Waals surface area contributed by atoms with E-state index in [1.165, 1.54) is 32.1 Å². The minimum Gasteiger partial charge on any atom is -0.378 e. The van der Waals surface area contributed by atoms with Gasteiger partial charge in [-0.25, -0.2) is 0 Å². The molecular weight excluding hydrogens is 252 g/mol. The number of ether oxygens (including phenoxy) is 2. The lowest BCUT2D eigenvalue weighted by atomic mass is 9.76. The minimum atomic E-state index is -0.125. The first-order valence-electron chi connectivity index (χ1n) is 8.55. The molecule has 114 valence electrons. The number of Topliss-reactive ketones (excluding diaryl/α,β-unsaturated/α-hetero) is 1. The summed E-state index contributed by atoms with van der Waals surface area (Å²) in [6.45, 7) is 2.23. The van der Waals surface area contributed by atoms with Crippen LogP contribution in [-0.2, 0) is 14.3 Å². The predicted molar refractivity (Wildman–Crippen MR) is 77.7 cm³/mol. The van der Waals surface area contributed by atoms with Crippen molar-refractivity contribution in [1.29, 1.82) is 0 Å². The molecule has 0 radical (unpaired) electrons. The molecule has 2 saturated heterocycles. The van der Waals surface area contributed by atoms with E-state index in [4.69, 9.17) is 9.47 Å². The molecule has 2 atom stereocenters. The molecule has 1 saturated carbocycles. The van der Waals surface area contributed by atoms with Gasteiger partial charge in [0.15, 0.2) is 0 Å². The molecule has 1 aliphatic carbocycles. The molecule has 0 aromatic rings. The fraction of sp³-hybridized carbons (Fsp3) is 0.941. The minimum absolute atomic E-state index is 0.125. The molecule has 2 heterocycles. The van der Waals surface area contributed by atoms with Crippen LogP contribution in [-0.4, -0.2) is 31.2 Å². The number of hydrogen-bond acceptors (Lipinski definition) is 3. The van der Waals surface area contributed by atoms with E-state index in [0.717, 1.165) is 45.3 Å². The summed E-state index contributed by atoms with van der Waals surface area (Å²) < 4.78 is 11.5. The average molecular weight is 280 g/mol. The third-order valence-electron chi connectivity index (χ3n) is 5.47. The number of hydrogen-bond donors (Lipinski definition) is 0. The van der Waals surface area contributed by atoms with Crippen LogP contribution in [0.15, 0.2) is 0 Å². The summed E-state index contributed by atoms with van der Waals surface area (Å²) >= 11 is 0. The van der Waals surface area contributed by atoms with E-state index in [1.54, 1.807) is 0 Å². The van der Waals surface area contributed by atoms with Crippen molar-refractivity contribution in [1.82, 2.24) is 0 Å². The lowest BCUT2D eigenvalue weighted by Gasteiger charge is -2.37. The Labute approximate surface area is 122 Å². The Hall–Kier alpha value is -0.410. The van der Waals surface area contributed by atoms with Crippen LogP contribution in [0.25, 0.3) is 0 Å². The van der Waals surface area contributed by atoms with Gasteiger partial charge in [-0.05, 0) is 25.7 Å². The zero-order chi connectivity index (χ0) is 13.8. The Balaban J connectivity index is 1.60. The van der Waals surface area contributed by atoms with Gasteiger partial charge in [-0.2, -0.15) is 0 Å². The first kappa shape index (κ1) is 14.5. The Kier molecular flexibility index (Phi) is 4.77. The van der Waals surface area contributed by atoms with E-state index in [-0.39, 0.29) is 11.5 Å². The monoisotopic (exact) mass is 280 g/mol. The summed E-state index contributed by atoms with van der Waals surface area (Å²) in [5, 5.41) is 0. The van der Waals surface area contributed by atoms with E-state index >= 15 is 0 Å². The van der Waals surface area contributed by atoms with Crippen molar-refractivity contribution < 1.29 is 14.3 Å². The summed E-state index contributed by atoms with van der Waals surface area (Å²) in [5.41, 5.74) is -0.125. The number of ketones is 1. The summed E-state index contributed by atoms with van der Waals surface area (Å²) in [6, 6.07) is 0. The van der Waals surface area contributed by atoms with Crippen molar-refractivity contribution in [2.45, 2.75) is 69.8 Å². The molecule has 3 fully saturated rings. The maximum absolute atomic E-state index is 12.9. The lowest BCUT2D eigenvalue weighted by Crippen LogP contribution is -2.43. The van der Waals surface area contributed by atoms with Crippen molar-refractivity contribution in [3.8, 4) is 0 Å². The normalized spacial score (nSPS) is 36.7. The summed E-state index contributed by atoms with van der Waals surface area (Å²) in [4.78, 5) is 12.9. The molecule has 2 unspecified atom stereocenters. The van der Waals surface area contributed by atoms with Gasteiger partial charge >= 0.3 is 0 Å². The topological polar surface area (TPSA) is 35.5 Å². The molecule has 2 aliphatic heterocycles. The Morgan fingerprint density at radius 3 is 2.35 bits per heavy atom. The van der Waals surface area contributed by atoms with Crippen LogP contribution in [0.2, 0.25) is 0 Å². The van der Waals surface area contributed by atoms with Crippen LogP contribution in [0, 0.1) is 11.8 Å². The van der Waals surface area contributed by atoms with Crippen LogP contribution in [0.4, 0.5) is 0 Å². The largest absolute Gasteiger partial charge is 0.378 e. The third kappa shape index (κ3) is 3.25. The zero-order valence-corrected chi connectivity index (χ0v) is 12.6. The predicted octanol–water partition coefficient (Wildman–Crippen LogP) is 3.50. The maximum atomic E-state index is 12.9. The van der Waals surface area contributed by atoms with Gasteiger partial charge in [0.1, 0.15) is 5.78 Å². The van der Waals surface area contributed by atoms with Crippen molar-refractivity contribution in [2.75, 3.05) is 19.8 Å². The van der Waals surface area contributed by atoms with Gasteiger partial charge in [0.05, 0.1) is 12.2 Å². The average Bonchev–Trinajstić information content (AvgIpc) is 2.86. The molecule has 0 bridgehead atoms. The van der Waals surface area contributed by atoms with Crippen LogP contribution in [0.1, 0.15) is 64.2 Å².